The Labute approximate surface area is 142 Å². The molecule has 1 N–H and O–H groups in total. The van der Waals surface area contributed by atoms with Crippen molar-refractivity contribution in [2.75, 3.05) is 19.5 Å². The van der Waals surface area contributed by atoms with Gasteiger partial charge in [0.15, 0.2) is 11.5 Å². The summed E-state index contributed by atoms with van der Waals surface area (Å²) in [6, 6.07) is 3.59. The van der Waals surface area contributed by atoms with Crippen LogP contribution in [0.3, 0.4) is 0 Å². The summed E-state index contributed by atoms with van der Waals surface area (Å²) < 4.78 is 12.4. The van der Waals surface area contributed by atoms with Gasteiger partial charge < -0.3 is 14.8 Å². The number of hydrogen-bond donors (Lipinski definition) is 1. The number of aryl methyl sites for hydroxylation is 1. The van der Waals surface area contributed by atoms with Crippen LogP contribution in [0.4, 0.5) is 5.69 Å². The summed E-state index contributed by atoms with van der Waals surface area (Å²) in [4.78, 5) is 12.6. The minimum absolute atomic E-state index is 0.179. The van der Waals surface area contributed by atoms with E-state index in [9.17, 15) is 4.79 Å². The lowest BCUT2D eigenvalue weighted by Crippen LogP contribution is -2.25. The summed E-state index contributed by atoms with van der Waals surface area (Å²) >= 11 is 0. The summed E-state index contributed by atoms with van der Waals surface area (Å²) in [6.07, 6.45) is 1.60. The smallest absolute Gasteiger partial charge is 0.259 e. The SMILES string of the molecule is COc1cc(C)c(NC(=O)c2cnn(C(C)(C)C)c2C)cc1OC. The molecule has 0 atom stereocenters. The Kier molecular flexibility index (Phi) is 4.87. The summed E-state index contributed by atoms with van der Waals surface area (Å²) in [6.45, 7) is 9.95. The van der Waals surface area contributed by atoms with Crippen molar-refractivity contribution in [3.05, 3.63) is 35.2 Å². The third kappa shape index (κ3) is 3.37. The van der Waals surface area contributed by atoms with Crippen molar-refractivity contribution in [2.24, 2.45) is 0 Å². The quantitative estimate of drug-likeness (QED) is 0.931. The molecule has 2 rings (SSSR count). The minimum Gasteiger partial charge on any atom is -0.493 e. The van der Waals surface area contributed by atoms with Gasteiger partial charge in [0, 0.05) is 17.4 Å². The van der Waals surface area contributed by atoms with Crippen molar-refractivity contribution in [1.29, 1.82) is 0 Å². The maximum Gasteiger partial charge on any atom is 0.259 e. The largest absolute Gasteiger partial charge is 0.493 e. The zero-order valence-corrected chi connectivity index (χ0v) is 15.4. The van der Waals surface area contributed by atoms with Crippen LogP contribution in [0, 0.1) is 13.8 Å². The topological polar surface area (TPSA) is 65.4 Å². The molecule has 2 aromatic rings. The first kappa shape index (κ1) is 17.8. The van der Waals surface area contributed by atoms with E-state index in [0.29, 0.717) is 22.7 Å². The summed E-state index contributed by atoms with van der Waals surface area (Å²) in [5.74, 6) is 1.00. The molecule has 0 aliphatic rings. The third-order valence-electron chi connectivity index (χ3n) is 3.87. The van der Waals surface area contributed by atoms with Gasteiger partial charge in [0.25, 0.3) is 5.91 Å². The van der Waals surface area contributed by atoms with Gasteiger partial charge in [-0.15, -0.1) is 0 Å². The van der Waals surface area contributed by atoms with Crippen LogP contribution in [-0.4, -0.2) is 29.9 Å². The fraction of sp³-hybridized carbons (Fsp3) is 0.444. The third-order valence-corrected chi connectivity index (χ3v) is 3.87. The maximum atomic E-state index is 12.6. The van der Waals surface area contributed by atoms with Crippen molar-refractivity contribution in [2.45, 2.75) is 40.2 Å². The summed E-state index contributed by atoms with van der Waals surface area (Å²) in [7, 11) is 3.15. The molecule has 6 nitrogen and oxygen atoms in total. The number of nitrogens with zero attached hydrogens (tertiary/aromatic N) is 2. The van der Waals surface area contributed by atoms with Gasteiger partial charge >= 0.3 is 0 Å². The molecule has 24 heavy (non-hydrogen) atoms. The molecule has 0 aliphatic heterocycles. The van der Waals surface area contributed by atoms with Crippen LogP contribution in [0.25, 0.3) is 0 Å². The minimum atomic E-state index is -0.196. The Bertz CT molecular complexity index is 758. The number of hydrogen-bond acceptors (Lipinski definition) is 4. The Morgan fingerprint density at radius 2 is 1.71 bits per heavy atom. The van der Waals surface area contributed by atoms with E-state index < -0.39 is 0 Å². The average Bonchev–Trinajstić information content (AvgIpc) is 2.90. The Hall–Kier alpha value is -2.50. The standard InChI is InChI=1S/C18H25N3O3/c1-11-8-15(23-6)16(24-7)9-14(11)20-17(22)13-10-19-21(12(13)2)18(3,4)5/h8-10H,1-7H3,(H,20,22). The highest BCUT2D eigenvalue weighted by atomic mass is 16.5. The normalized spacial score (nSPS) is 11.3. The average molecular weight is 331 g/mol. The number of aromatic nitrogens is 2. The van der Waals surface area contributed by atoms with Crippen molar-refractivity contribution < 1.29 is 14.3 Å². The lowest BCUT2D eigenvalue weighted by Gasteiger charge is -2.21. The first-order chi connectivity index (χ1) is 11.2. The predicted octanol–water partition coefficient (Wildman–Crippen LogP) is 3.52. The number of carbonyl (C=O) groups excluding carboxylic acids is 1. The zero-order valence-electron chi connectivity index (χ0n) is 15.4. The van der Waals surface area contributed by atoms with Crippen LogP contribution in [0.5, 0.6) is 11.5 Å². The van der Waals surface area contributed by atoms with Crippen LogP contribution in [-0.2, 0) is 5.54 Å². The van der Waals surface area contributed by atoms with E-state index in [0.717, 1.165) is 11.3 Å². The Morgan fingerprint density at radius 1 is 1.12 bits per heavy atom. The number of rotatable bonds is 4. The molecule has 0 aliphatic carbocycles. The molecule has 0 fully saturated rings. The van der Waals surface area contributed by atoms with Crippen LogP contribution < -0.4 is 14.8 Å². The molecule has 130 valence electrons. The molecule has 1 aromatic heterocycles. The Balaban J connectivity index is 2.32. The highest BCUT2D eigenvalue weighted by Gasteiger charge is 2.22. The van der Waals surface area contributed by atoms with Gasteiger partial charge in [-0.2, -0.15) is 5.10 Å². The molecule has 0 bridgehead atoms. The second-order valence-electron chi connectivity index (χ2n) is 6.70. The fourth-order valence-electron chi connectivity index (χ4n) is 2.61. The molecule has 1 aromatic carbocycles. The molecule has 1 heterocycles. The van der Waals surface area contributed by atoms with Crippen LogP contribution >= 0.6 is 0 Å². The van der Waals surface area contributed by atoms with Gasteiger partial charge in [-0.3, -0.25) is 9.48 Å². The molecule has 0 saturated carbocycles. The molecular formula is C18H25N3O3. The van der Waals surface area contributed by atoms with Crippen molar-refractivity contribution in [3.63, 3.8) is 0 Å². The number of nitrogens with one attached hydrogen (secondary N) is 1. The van der Waals surface area contributed by atoms with Gasteiger partial charge in [-0.25, -0.2) is 0 Å². The monoisotopic (exact) mass is 331 g/mol. The predicted molar refractivity (Wildman–Crippen MR) is 94.2 cm³/mol. The van der Waals surface area contributed by atoms with Crippen molar-refractivity contribution in [3.8, 4) is 11.5 Å². The molecule has 0 radical (unpaired) electrons. The number of anilines is 1. The van der Waals surface area contributed by atoms with Crippen molar-refractivity contribution in [1.82, 2.24) is 9.78 Å². The number of carbonyl (C=O) groups is 1. The number of benzene rings is 1. The lowest BCUT2D eigenvalue weighted by molar-refractivity contribution is 0.102. The van der Waals surface area contributed by atoms with Crippen molar-refractivity contribution >= 4 is 11.6 Å². The molecule has 0 unspecified atom stereocenters. The summed E-state index contributed by atoms with van der Waals surface area (Å²) in [5, 5.41) is 7.27. The van der Waals surface area contributed by atoms with E-state index in [1.54, 1.807) is 26.5 Å². The molecule has 6 heteroatoms. The van der Waals surface area contributed by atoms with Crippen LogP contribution in [0.2, 0.25) is 0 Å². The van der Waals surface area contributed by atoms with Crippen LogP contribution in [0.15, 0.2) is 18.3 Å². The highest BCUT2D eigenvalue weighted by molar-refractivity contribution is 6.05. The number of methoxy groups -OCH3 is 2. The molecular weight excluding hydrogens is 306 g/mol. The first-order valence-corrected chi connectivity index (χ1v) is 7.78. The van der Waals surface area contributed by atoms with E-state index in [4.69, 9.17) is 9.47 Å². The van der Waals surface area contributed by atoms with E-state index >= 15 is 0 Å². The van der Waals surface area contributed by atoms with Gasteiger partial charge in [0.1, 0.15) is 0 Å². The van der Waals surface area contributed by atoms with Gasteiger partial charge in [0.2, 0.25) is 0 Å². The number of ether oxygens (including phenoxy) is 2. The second-order valence-corrected chi connectivity index (χ2v) is 6.70. The van der Waals surface area contributed by atoms with Crippen LogP contribution in [0.1, 0.15) is 42.4 Å². The highest BCUT2D eigenvalue weighted by Crippen LogP contribution is 2.33. The van der Waals surface area contributed by atoms with E-state index in [1.807, 2.05) is 45.4 Å². The maximum absolute atomic E-state index is 12.6. The second kappa shape index (κ2) is 6.55. The molecule has 1 amide bonds. The van der Waals surface area contributed by atoms with Gasteiger partial charge in [-0.1, -0.05) is 0 Å². The van der Waals surface area contributed by atoms with Gasteiger partial charge in [0.05, 0.1) is 31.5 Å². The lowest BCUT2D eigenvalue weighted by atomic mass is 10.1. The van der Waals surface area contributed by atoms with E-state index in [2.05, 4.69) is 10.4 Å². The zero-order chi connectivity index (χ0) is 18.1. The summed E-state index contributed by atoms with van der Waals surface area (Å²) in [5.41, 5.74) is 2.78. The van der Waals surface area contributed by atoms with E-state index in [1.165, 1.54) is 0 Å². The molecule has 0 spiro atoms. The molecule has 0 saturated heterocycles. The fourth-order valence-corrected chi connectivity index (χ4v) is 2.61. The van der Waals surface area contributed by atoms with E-state index in [-0.39, 0.29) is 11.4 Å². The Morgan fingerprint density at radius 3 is 2.21 bits per heavy atom. The van der Waals surface area contributed by atoms with Gasteiger partial charge in [-0.05, 0) is 46.2 Å². The number of amides is 1. The first-order valence-electron chi connectivity index (χ1n) is 7.78.